The van der Waals surface area contributed by atoms with Gasteiger partial charge in [-0.3, -0.25) is 0 Å². The van der Waals surface area contributed by atoms with E-state index in [1.165, 1.54) is 18.2 Å². The Morgan fingerprint density at radius 2 is 1.77 bits per heavy atom. The maximum Gasteiger partial charge on any atom is 0.453 e. The Bertz CT molecular complexity index is 845. The van der Waals surface area contributed by atoms with Gasteiger partial charge < -0.3 is 0 Å². The molecule has 1 aromatic carbocycles. The highest BCUT2D eigenvalue weighted by Crippen LogP contribution is 2.31. The molecule has 0 aliphatic heterocycles. The largest absolute Gasteiger partial charge is 0.453 e. The molecular formula is C12H5F5N4S. The average molecular weight is 332 g/mol. The summed E-state index contributed by atoms with van der Waals surface area (Å²) < 4.78 is 65.2. The summed E-state index contributed by atoms with van der Waals surface area (Å²) >= 11 is 0.764. The summed E-state index contributed by atoms with van der Waals surface area (Å²) in [6.07, 6.45) is -4.71. The van der Waals surface area contributed by atoms with Gasteiger partial charge >= 0.3 is 6.18 Å². The second kappa shape index (κ2) is 5.20. The van der Waals surface area contributed by atoms with Crippen molar-refractivity contribution in [3.05, 3.63) is 47.8 Å². The van der Waals surface area contributed by atoms with Crippen molar-refractivity contribution in [2.24, 2.45) is 0 Å². The van der Waals surface area contributed by atoms with Crippen LogP contribution in [0.1, 0.15) is 5.82 Å². The first-order valence-corrected chi connectivity index (χ1v) is 6.59. The molecule has 0 fully saturated rings. The van der Waals surface area contributed by atoms with E-state index in [4.69, 9.17) is 0 Å². The van der Waals surface area contributed by atoms with Crippen molar-refractivity contribution in [1.82, 2.24) is 19.8 Å². The summed E-state index contributed by atoms with van der Waals surface area (Å²) in [6.45, 7) is 0. The van der Waals surface area contributed by atoms with Crippen molar-refractivity contribution in [3.63, 3.8) is 0 Å². The molecule has 3 aromatic rings. The van der Waals surface area contributed by atoms with Gasteiger partial charge in [0.2, 0.25) is 0 Å². The summed E-state index contributed by atoms with van der Waals surface area (Å²) in [5, 5.41) is 10.2. The number of aromatic nitrogens is 4. The summed E-state index contributed by atoms with van der Waals surface area (Å²) in [4.78, 5) is 0.0369. The van der Waals surface area contributed by atoms with Crippen LogP contribution in [0.2, 0.25) is 0 Å². The number of rotatable bonds is 2. The third kappa shape index (κ3) is 2.73. The molecule has 0 amide bonds. The van der Waals surface area contributed by atoms with E-state index < -0.39 is 23.6 Å². The van der Waals surface area contributed by atoms with Gasteiger partial charge in [-0.15, -0.1) is 10.2 Å². The van der Waals surface area contributed by atoms with E-state index in [0.29, 0.717) is 10.6 Å². The second-order valence-electron chi connectivity index (χ2n) is 4.14. The third-order valence-electron chi connectivity index (χ3n) is 2.60. The second-order valence-corrected chi connectivity index (χ2v) is 5.20. The molecule has 0 saturated heterocycles. The van der Waals surface area contributed by atoms with Crippen molar-refractivity contribution >= 4 is 17.4 Å². The fraction of sp³-hybridized carbons (Fsp3) is 0.0833. The quantitative estimate of drug-likeness (QED) is 0.673. The van der Waals surface area contributed by atoms with Crippen LogP contribution >= 0.6 is 11.8 Å². The molecule has 2 heterocycles. The number of hydrogen-bond donors (Lipinski definition) is 0. The van der Waals surface area contributed by atoms with E-state index in [9.17, 15) is 22.0 Å². The maximum atomic E-state index is 13.6. The Morgan fingerprint density at radius 1 is 1.00 bits per heavy atom. The van der Waals surface area contributed by atoms with Gasteiger partial charge in [0.1, 0.15) is 16.7 Å². The Kier molecular flexibility index (Phi) is 3.47. The zero-order chi connectivity index (χ0) is 15.9. The third-order valence-corrected chi connectivity index (χ3v) is 3.58. The number of halogens is 5. The Hall–Kier alpha value is -2.23. The van der Waals surface area contributed by atoms with Crippen LogP contribution in [0.4, 0.5) is 22.0 Å². The van der Waals surface area contributed by atoms with E-state index in [2.05, 4.69) is 15.3 Å². The van der Waals surface area contributed by atoms with Gasteiger partial charge in [-0.1, -0.05) is 11.8 Å². The van der Waals surface area contributed by atoms with Crippen LogP contribution in [0.25, 0.3) is 5.65 Å². The number of hydrogen-bond acceptors (Lipinski definition) is 4. The standard InChI is InChI=1S/C12H5F5N4S/c13-6-1-2-8(7(14)5-6)22-10-4-3-9-18-19-11(12(15,16)17)21(9)20-10/h1-5H. The summed E-state index contributed by atoms with van der Waals surface area (Å²) in [5.41, 5.74) is -0.0868. The van der Waals surface area contributed by atoms with E-state index in [1.54, 1.807) is 0 Å². The van der Waals surface area contributed by atoms with Gasteiger partial charge in [0.25, 0.3) is 5.82 Å². The molecule has 0 spiro atoms. The van der Waals surface area contributed by atoms with E-state index >= 15 is 0 Å². The topological polar surface area (TPSA) is 43.1 Å². The van der Waals surface area contributed by atoms with Crippen molar-refractivity contribution in [3.8, 4) is 0 Å². The van der Waals surface area contributed by atoms with Gasteiger partial charge in [-0.05, 0) is 24.3 Å². The van der Waals surface area contributed by atoms with E-state index in [-0.39, 0.29) is 15.6 Å². The summed E-state index contributed by atoms with van der Waals surface area (Å²) in [6, 6.07) is 5.55. The lowest BCUT2D eigenvalue weighted by Gasteiger charge is -2.05. The molecule has 0 aliphatic rings. The molecule has 0 unspecified atom stereocenters. The molecule has 22 heavy (non-hydrogen) atoms. The number of fused-ring (bicyclic) bond motifs is 1. The monoisotopic (exact) mass is 332 g/mol. The van der Waals surface area contributed by atoms with Crippen LogP contribution in [-0.4, -0.2) is 19.8 Å². The molecule has 4 nitrogen and oxygen atoms in total. The number of alkyl halides is 3. The van der Waals surface area contributed by atoms with Crippen LogP contribution in [0.5, 0.6) is 0 Å². The molecule has 114 valence electrons. The lowest BCUT2D eigenvalue weighted by molar-refractivity contribution is -0.146. The first-order valence-electron chi connectivity index (χ1n) is 5.77. The van der Waals surface area contributed by atoms with Gasteiger partial charge in [-0.2, -0.15) is 22.8 Å². The molecule has 0 aliphatic carbocycles. The molecule has 0 radical (unpaired) electrons. The molecule has 0 N–H and O–H groups in total. The van der Waals surface area contributed by atoms with Crippen molar-refractivity contribution < 1.29 is 22.0 Å². The maximum absolute atomic E-state index is 13.6. The lowest BCUT2D eigenvalue weighted by Crippen LogP contribution is -2.12. The number of nitrogens with zero attached hydrogens (tertiary/aromatic N) is 4. The zero-order valence-electron chi connectivity index (χ0n) is 10.5. The number of benzene rings is 1. The molecule has 0 saturated carbocycles. The molecule has 0 atom stereocenters. The minimum Gasteiger partial charge on any atom is -0.207 e. The molecule has 10 heteroatoms. The minimum absolute atomic E-state index is 0.0369. The normalized spacial score (nSPS) is 12.0. The zero-order valence-corrected chi connectivity index (χ0v) is 11.3. The summed E-state index contributed by atoms with van der Waals surface area (Å²) in [5.74, 6) is -2.85. The van der Waals surface area contributed by atoms with Crippen LogP contribution in [0.15, 0.2) is 40.3 Å². The molecule has 0 bridgehead atoms. The van der Waals surface area contributed by atoms with Crippen molar-refractivity contribution in [2.75, 3.05) is 0 Å². The fourth-order valence-electron chi connectivity index (χ4n) is 1.67. The smallest absolute Gasteiger partial charge is 0.207 e. The van der Waals surface area contributed by atoms with Crippen LogP contribution < -0.4 is 0 Å². The summed E-state index contributed by atoms with van der Waals surface area (Å²) in [7, 11) is 0. The first kappa shape index (κ1) is 14.7. The highest BCUT2D eigenvalue weighted by Gasteiger charge is 2.37. The molecule has 2 aromatic heterocycles. The van der Waals surface area contributed by atoms with Crippen molar-refractivity contribution in [2.45, 2.75) is 16.1 Å². The lowest BCUT2D eigenvalue weighted by atomic mass is 10.3. The fourth-order valence-corrected chi connectivity index (χ4v) is 2.45. The Labute approximate surface area is 124 Å². The predicted octanol–water partition coefficient (Wildman–Crippen LogP) is 3.57. The Morgan fingerprint density at radius 3 is 2.45 bits per heavy atom. The van der Waals surface area contributed by atoms with Gasteiger partial charge in [0, 0.05) is 11.0 Å². The highest BCUT2D eigenvalue weighted by atomic mass is 32.2. The van der Waals surface area contributed by atoms with Gasteiger partial charge in [-0.25, -0.2) is 8.78 Å². The van der Waals surface area contributed by atoms with E-state index in [0.717, 1.165) is 17.8 Å². The van der Waals surface area contributed by atoms with Crippen molar-refractivity contribution in [1.29, 1.82) is 0 Å². The predicted molar refractivity (Wildman–Crippen MR) is 66.3 cm³/mol. The van der Waals surface area contributed by atoms with Crippen LogP contribution in [0.3, 0.4) is 0 Å². The van der Waals surface area contributed by atoms with E-state index in [1.807, 2.05) is 0 Å². The van der Waals surface area contributed by atoms with Crippen LogP contribution in [0, 0.1) is 11.6 Å². The average Bonchev–Trinajstić information content (AvgIpc) is 2.85. The first-order chi connectivity index (χ1) is 10.3. The SMILES string of the molecule is Fc1ccc(Sc2ccc3nnc(C(F)(F)F)n3n2)c(F)c1. The van der Waals surface area contributed by atoms with Gasteiger partial charge in [0.05, 0.1) is 0 Å². The van der Waals surface area contributed by atoms with Gasteiger partial charge in [0.15, 0.2) is 5.65 Å². The molecule has 3 rings (SSSR count). The van der Waals surface area contributed by atoms with Crippen LogP contribution in [-0.2, 0) is 6.18 Å². The Balaban J connectivity index is 2.01. The minimum atomic E-state index is -4.71. The molecular weight excluding hydrogens is 327 g/mol. The highest BCUT2D eigenvalue weighted by molar-refractivity contribution is 7.99.